The number of benzene rings is 1. The summed E-state index contributed by atoms with van der Waals surface area (Å²) in [4.78, 5) is 8.57. The lowest BCUT2D eigenvalue weighted by molar-refractivity contribution is 0.416. The van der Waals surface area contributed by atoms with Crippen LogP contribution >= 0.6 is 0 Å². The molecular formula is C14H17N3O. The number of nitrogens with zero attached hydrogens (tertiary/aromatic N) is 2. The Balaban J connectivity index is 2.64. The van der Waals surface area contributed by atoms with Crippen molar-refractivity contribution >= 4 is 5.82 Å². The minimum atomic E-state index is 0.824. The van der Waals surface area contributed by atoms with Crippen LogP contribution in [0.15, 0.2) is 24.5 Å². The highest BCUT2D eigenvalue weighted by molar-refractivity contribution is 5.73. The third kappa shape index (κ3) is 2.14. The number of hydrogen-bond acceptors (Lipinski definition) is 4. The van der Waals surface area contributed by atoms with Crippen LogP contribution in [0.2, 0.25) is 0 Å². The molecule has 0 unspecified atom stereocenters. The molecule has 2 aromatic rings. The molecule has 1 heterocycles. The van der Waals surface area contributed by atoms with Gasteiger partial charge in [-0.25, -0.2) is 9.97 Å². The zero-order valence-electron chi connectivity index (χ0n) is 11.1. The monoisotopic (exact) mass is 243 g/mol. The van der Waals surface area contributed by atoms with Crippen LogP contribution in [0.1, 0.15) is 11.1 Å². The van der Waals surface area contributed by atoms with Crippen LogP contribution in [-0.2, 0) is 0 Å². The Hall–Kier alpha value is -2.10. The summed E-state index contributed by atoms with van der Waals surface area (Å²) in [6, 6.07) is 6.07. The maximum absolute atomic E-state index is 5.40. The van der Waals surface area contributed by atoms with E-state index in [1.165, 1.54) is 5.56 Å². The first-order chi connectivity index (χ1) is 8.67. The number of rotatable bonds is 3. The van der Waals surface area contributed by atoms with Crippen LogP contribution in [0.25, 0.3) is 11.3 Å². The van der Waals surface area contributed by atoms with Gasteiger partial charge in [0.15, 0.2) is 0 Å². The van der Waals surface area contributed by atoms with Gasteiger partial charge in [-0.3, -0.25) is 0 Å². The zero-order valence-corrected chi connectivity index (χ0v) is 11.1. The van der Waals surface area contributed by atoms with E-state index in [1.54, 1.807) is 13.4 Å². The zero-order chi connectivity index (χ0) is 13.1. The molecule has 1 aromatic heterocycles. The first-order valence-corrected chi connectivity index (χ1v) is 5.81. The summed E-state index contributed by atoms with van der Waals surface area (Å²) < 4.78 is 5.40. The number of aromatic nitrogens is 2. The largest absolute Gasteiger partial charge is 0.496 e. The van der Waals surface area contributed by atoms with E-state index in [4.69, 9.17) is 4.74 Å². The summed E-state index contributed by atoms with van der Waals surface area (Å²) in [6.07, 6.45) is 1.57. The number of hydrogen-bond donors (Lipinski definition) is 1. The molecule has 0 saturated carbocycles. The molecule has 0 aliphatic rings. The molecule has 0 saturated heterocycles. The maximum Gasteiger partial charge on any atom is 0.132 e. The van der Waals surface area contributed by atoms with Crippen molar-refractivity contribution in [1.82, 2.24) is 9.97 Å². The van der Waals surface area contributed by atoms with Gasteiger partial charge in [0.05, 0.1) is 12.8 Å². The number of ether oxygens (including phenoxy) is 1. The van der Waals surface area contributed by atoms with Crippen LogP contribution in [-0.4, -0.2) is 24.1 Å². The molecule has 0 amide bonds. The summed E-state index contributed by atoms with van der Waals surface area (Å²) in [5.41, 5.74) is 4.09. The molecule has 4 nitrogen and oxygen atoms in total. The fourth-order valence-corrected chi connectivity index (χ4v) is 1.98. The van der Waals surface area contributed by atoms with Crippen molar-refractivity contribution in [2.75, 3.05) is 19.5 Å². The topological polar surface area (TPSA) is 47.0 Å². The van der Waals surface area contributed by atoms with Gasteiger partial charge in [0, 0.05) is 18.2 Å². The summed E-state index contributed by atoms with van der Waals surface area (Å²) in [6.45, 7) is 4.06. The van der Waals surface area contributed by atoms with Crippen molar-refractivity contribution in [3.05, 3.63) is 35.7 Å². The number of anilines is 1. The molecule has 94 valence electrons. The SMILES string of the molecule is CNc1ncnc(-c2cc(C)ccc2OC)c1C. The normalized spacial score (nSPS) is 10.2. The van der Waals surface area contributed by atoms with Crippen LogP contribution in [0.4, 0.5) is 5.82 Å². The van der Waals surface area contributed by atoms with E-state index in [0.717, 1.165) is 28.4 Å². The van der Waals surface area contributed by atoms with Gasteiger partial charge in [-0.1, -0.05) is 11.6 Å². The molecule has 1 N–H and O–H groups in total. The second-order valence-electron chi connectivity index (χ2n) is 4.15. The van der Waals surface area contributed by atoms with Gasteiger partial charge in [-0.15, -0.1) is 0 Å². The molecule has 0 fully saturated rings. The van der Waals surface area contributed by atoms with E-state index in [2.05, 4.69) is 28.3 Å². The van der Waals surface area contributed by atoms with Gasteiger partial charge in [0.1, 0.15) is 17.9 Å². The van der Waals surface area contributed by atoms with Crippen molar-refractivity contribution in [3.63, 3.8) is 0 Å². The predicted octanol–water partition coefficient (Wildman–Crippen LogP) is 2.81. The highest BCUT2D eigenvalue weighted by atomic mass is 16.5. The maximum atomic E-state index is 5.40. The Bertz CT molecular complexity index is 567. The Morgan fingerprint density at radius 3 is 2.61 bits per heavy atom. The lowest BCUT2D eigenvalue weighted by atomic mass is 10.0. The van der Waals surface area contributed by atoms with Gasteiger partial charge < -0.3 is 10.1 Å². The third-order valence-electron chi connectivity index (χ3n) is 2.93. The fourth-order valence-electron chi connectivity index (χ4n) is 1.98. The quantitative estimate of drug-likeness (QED) is 0.900. The first-order valence-electron chi connectivity index (χ1n) is 5.81. The smallest absolute Gasteiger partial charge is 0.132 e. The highest BCUT2D eigenvalue weighted by Gasteiger charge is 2.12. The lowest BCUT2D eigenvalue weighted by Crippen LogP contribution is -2.00. The standard InChI is InChI=1S/C14H17N3O/c1-9-5-6-12(18-4)11(7-9)13-10(2)14(15-3)17-8-16-13/h5-8H,1-4H3,(H,15,16,17). The molecule has 4 heteroatoms. The van der Waals surface area contributed by atoms with Gasteiger partial charge >= 0.3 is 0 Å². The lowest BCUT2D eigenvalue weighted by Gasteiger charge is -2.12. The molecule has 0 spiro atoms. The Morgan fingerprint density at radius 1 is 1.17 bits per heavy atom. The van der Waals surface area contributed by atoms with Gasteiger partial charge in [-0.05, 0) is 26.0 Å². The first kappa shape index (κ1) is 12.4. The summed E-state index contributed by atoms with van der Waals surface area (Å²) in [7, 11) is 3.52. The minimum absolute atomic E-state index is 0.824. The Labute approximate surface area is 107 Å². The molecule has 18 heavy (non-hydrogen) atoms. The fraction of sp³-hybridized carbons (Fsp3) is 0.286. The minimum Gasteiger partial charge on any atom is -0.496 e. The van der Waals surface area contributed by atoms with Crippen LogP contribution < -0.4 is 10.1 Å². The number of nitrogens with one attached hydrogen (secondary N) is 1. The van der Waals surface area contributed by atoms with Crippen molar-refractivity contribution in [1.29, 1.82) is 0 Å². The van der Waals surface area contributed by atoms with E-state index in [1.807, 2.05) is 26.1 Å². The summed E-state index contributed by atoms with van der Waals surface area (Å²) in [5.74, 6) is 1.66. The molecule has 1 aromatic carbocycles. The van der Waals surface area contributed by atoms with Crippen molar-refractivity contribution < 1.29 is 4.74 Å². The average molecular weight is 243 g/mol. The molecule has 0 aliphatic carbocycles. The van der Waals surface area contributed by atoms with Crippen molar-refractivity contribution in [3.8, 4) is 17.0 Å². The third-order valence-corrected chi connectivity index (χ3v) is 2.93. The predicted molar refractivity (Wildman–Crippen MR) is 73.0 cm³/mol. The van der Waals surface area contributed by atoms with Crippen molar-refractivity contribution in [2.24, 2.45) is 0 Å². The number of aryl methyl sites for hydroxylation is 1. The molecule has 0 atom stereocenters. The van der Waals surface area contributed by atoms with E-state index in [-0.39, 0.29) is 0 Å². The average Bonchev–Trinajstić information content (AvgIpc) is 2.39. The van der Waals surface area contributed by atoms with Gasteiger partial charge in [0.25, 0.3) is 0 Å². The molecule has 2 rings (SSSR count). The van der Waals surface area contributed by atoms with E-state index in [0.29, 0.717) is 0 Å². The van der Waals surface area contributed by atoms with Crippen molar-refractivity contribution in [2.45, 2.75) is 13.8 Å². The molecular weight excluding hydrogens is 226 g/mol. The van der Waals surface area contributed by atoms with Crippen LogP contribution in [0.5, 0.6) is 5.75 Å². The van der Waals surface area contributed by atoms with E-state index >= 15 is 0 Å². The van der Waals surface area contributed by atoms with Gasteiger partial charge in [-0.2, -0.15) is 0 Å². The molecule has 0 aliphatic heterocycles. The van der Waals surface area contributed by atoms with Crippen LogP contribution in [0, 0.1) is 13.8 Å². The Morgan fingerprint density at radius 2 is 1.94 bits per heavy atom. The Kier molecular flexibility index (Phi) is 3.46. The summed E-state index contributed by atoms with van der Waals surface area (Å²) in [5, 5.41) is 3.07. The molecule has 0 radical (unpaired) electrons. The second-order valence-corrected chi connectivity index (χ2v) is 4.15. The van der Waals surface area contributed by atoms with Gasteiger partial charge in [0.2, 0.25) is 0 Å². The van der Waals surface area contributed by atoms with Crippen LogP contribution in [0.3, 0.4) is 0 Å². The summed E-state index contributed by atoms with van der Waals surface area (Å²) >= 11 is 0. The van der Waals surface area contributed by atoms with E-state index in [9.17, 15) is 0 Å². The second kappa shape index (κ2) is 5.04. The highest BCUT2D eigenvalue weighted by Crippen LogP contribution is 2.32. The van der Waals surface area contributed by atoms with E-state index < -0.39 is 0 Å². The molecule has 0 bridgehead atoms. The number of methoxy groups -OCH3 is 1.